The van der Waals surface area contributed by atoms with Gasteiger partial charge in [-0.05, 0) is 56.1 Å². The topological polar surface area (TPSA) is 54.5 Å². The van der Waals surface area contributed by atoms with Crippen molar-refractivity contribution in [1.29, 1.82) is 0 Å². The zero-order chi connectivity index (χ0) is 17.8. The van der Waals surface area contributed by atoms with Crippen molar-refractivity contribution in [2.24, 2.45) is 5.92 Å². The quantitative estimate of drug-likeness (QED) is 0.803. The summed E-state index contributed by atoms with van der Waals surface area (Å²) in [6.07, 6.45) is 7.94. The normalized spacial score (nSPS) is 21.1. The molecule has 6 nitrogen and oxygen atoms in total. The van der Waals surface area contributed by atoms with E-state index in [2.05, 4.69) is 14.9 Å². The minimum atomic E-state index is -0.361. The van der Waals surface area contributed by atoms with Crippen LogP contribution in [0.4, 0.5) is 0 Å². The maximum absolute atomic E-state index is 12.1. The van der Waals surface area contributed by atoms with Gasteiger partial charge in [0.05, 0.1) is 4.88 Å². The molecule has 4 rings (SSSR count). The Hall–Kier alpha value is -1.44. The molecule has 2 saturated heterocycles. The lowest BCUT2D eigenvalue weighted by Crippen LogP contribution is -2.41. The fraction of sp³-hybridized carbons (Fsp3) is 0.684. The summed E-state index contributed by atoms with van der Waals surface area (Å²) in [5, 5.41) is 6.33. The molecule has 0 bridgehead atoms. The molecule has 0 radical (unpaired) electrons. The van der Waals surface area contributed by atoms with E-state index in [0.717, 1.165) is 23.9 Å². The molecule has 2 aromatic heterocycles. The predicted octanol–water partition coefficient (Wildman–Crippen LogP) is 3.11. The van der Waals surface area contributed by atoms with Crippen molar-refractivity contribution in [2.75, 3.05) is 32.7 Å². The van der Waals surface area contributed by atoms with E-state index in [1.54, 1.807) is 0 Å². The molecule has 2 aromatic rings. The fourth-order valence-corrected chi connectivity index (χ4v) is 4.72. The van der Waals surface area contributed by atoms with Crippen LogP contribution in [0.25, 0.3) is 10.8 Å². The van der Waals surface area contributed by atoms with Crippen LogP contribution in [0.3, 0.4) is 0 Å². The second kappa shape index (κ2) is 8.50. The van der Waals surface area contributed by atoms with Crippen molar-refractivity contribution < 1.29 is 4.42 Å². The molecule has 2 aliphatic rings. The van der Waals surface area contributed by atoms with Gasteiger partial charge in [-0.2, -0.15) is 4.68 Å². The Morgan fingerprint density at radius 1 is 1.08 bits per heavy atom. The lowest BCUT2D eigenvalue weighted by atomic mass is 9.96. The number of rotatable bonds is 5. The summed E-state index contributed by atoms with van der Waals surface area (Å²) >= 11 is 1.54. The van der Waals surface area contributed by atoms with Crippen molar-refractivity contribution in [2.45, 2.75) is 45.2 Å². The van der Waals surface area contributed by atoms with Crippen LogP contribution in [0.1, 0.15) is 38.5 Å². The Balaban J connectivity index is 1.28. The number of aromatic nitrogens is 2. The third-order valence-corrected chi connectivity index (χ3v) is 6.45. The summed E-state index contributed by atoms with van der Waals surface area (Å²) in [5.41, 5.74) is 0. The van der Waals surface area contributed by atoms with Gasteiger partial charge in [0.25, 0.3) is 5.89 Å². The summed E-state index contributed by atoms with van der Waals surface area (Å²) in [5.74, 6) is 0.862. The summed E-state index contributed by atoms with van der Waals surface area (Å²) in [6, 6.07) is 3.86. The number of likely N-dealkylation sites (tertiary alicyclic amines) is 2. The minimum absolute atomic E-state index is 0.361. The highest BCUT2D eigenvalue weighted by atomic mass is 32.1. The molecular weight excluding hydrogens is 348 g/mol. The first-order chi connectivity index (χ1) is 12.8. The van der Waals surface area contributed by atoms with Gasteiger partial charge in [-0.1, -0.05) is 18.9 Å². The van der Waals surface area contributed by atoms with E-state index in [-0.39, 0.29) is 5.76 Å². The Morgan fingerprint density at radius 3 is 2.54 bits per heavy atom. The van der Waals surface area contributed by atoms with Gasteiger partial charge >= 0.3 is 5.76 Å². The van der Waals surface area contributed by atoms with Gasteiger partial charge < -0.3 is 9.32 Å². The molecule has 26 heavy (non-hydrogen) atoms. The lowest BCUT2D eigenvalue weighted by molar-refractivity contribution is 0.114. The third kappa shape index (κ3) is 4.45. The zero-order valence-electron chi connectivity index (χ0n) is 15.3. The monoisotopic (exact) mass is 376 g/mol. The summed E-state index contributed by atoms with van der Waals surface area (Å²) in [7, 11) is 0. The largest absolute Gasteiger partial charge is 0.438 e. The number of piperidine rings is 1. The third-order valence-electron chi connectivity index (χ3n) is 5.59. The van der Waals surface area contributed by atoms with E-state index < -0.39 is 0 Å². The minimum Gasteiger partial charge on any atom is -0.387 e. The molecule has 0 atom stereocenters. The summed E-state index contributed by atoms with van der Waals surface area (Å²) in [6.45, 7) is 6.41. The first kappa shape index (κ1) is 17.9. The first-order valence-corrected chi connectivity index (χ1v) is 10.7. The van der Waals surface area contributed by atoms with Gasteiger partial charge in [-0.25, -0.2) is 4.79 Å². The van der Waals surface area contributed by atoms with Crippen LogP contribution in [0, 0.1) is 5.92 Å². The van der Waals surface area contributed by atoms with Gasteiger partial charge in [0.1, 0.15) is 6.67 Å². The second-order valence-electron chi connectivity index (χ2n) is 7.57. The van der Waals surface area contributed by atoms with Gasteiger partial charge in [0.2, 0.25) is 0 Å². The maximum atomic E-state index is 12.1. The van der Waals surface area contributed by atoms with Crippen LogP contribution in [-0.4, -0.2) is 52.3 Å². The number of hydrogen-bond acceptors (Lipinski definition) is 6. The highest BCUT2D eigenvalue weighted by Crippen LogP contribution is 2.22. The fourth-order valence-electron chi connectivity index (χ4n) is 4.08. The van der Waals surface area contributed by atoms with Gasteiger partial charge in [-0.15, -0.1) is 16.4 Å². The van der Waals surface area contributed by atoms with E-state index >= 15 is 0 Å². The second-order valence-corrected chi connectivity index (χ2v) is 8.52. The van der Waals surface area contributed by atoms with Crippen molar-refractivity contribution in [3.8, 4) is 10.8 Å². The highest BCUT2D eigenvalue weighted by Gasteiger charge is 2.23. The van der Waals surface area contributed by atoms with Crippen LogP contribution in [0.2, 0.25) is 0 Å². The Kier molecular flexibility index (Phi) is 5.87. The van der Waals surface area contributed by atoms with Crippen LogP contribution in [0.15, 0.2) is 26.7 Å². The number of nitrogens with zero attached hydrogens (tertiary/aromatic N) is 4. The summed E-state index contributed by atoms with van der Waals surface area (Å²) < 4.78 is 6.77. The van der Waals surface area contributed by atoms with Crippen molar-refractivity contribution in [3.63, 3.8) is 0 Å². The molecule has 0 amide bonds. The molecular formula is C19H28N4O2S. The van der Waals surface area contributed by atoms with Crippen molar-refractivity contribution in [1.82, 2.24) is 19.6 Å². The maximum Gasteiger partial charge on any atom is 0.438 e. The Morgan fingerprint density at radius 2 is 1.85 bits per heavy atom. The van der Waals surface area contributed by atoms with Crippen molar-refractivity contribution >= 4 is 11.3 Å². The molecule has 0 spiro atoms. The van der Waals surface area contributed by atoms with Gasteiger partial charge in [-0.3, -0.25) is 4.90 Å². The molecule has 142 valence electrons. The van der Waals surface area contributed by atoms with Crippen molar-refractivity contribution in [3.05, 3.63) is 28.1 Å². The average Bonchev–Trinajstić information content (AvgIpc) is 3.22. The lowest BCUT2D eigenvalue weighted by Gasteiger charge is -2.34. The van der Waals surface area contributed by atoms with E-state index in [4.69, 9.17) is 4.42 Å². The standard InChI is InChI=1S/C19H28N4O2S/c24-19-23(20-18(25-19)17-6-5-13-26-17)15-22-11-7-16(8-12-22)14-21-9-3-1-2-4-10-21/h5-6,13,16H,1-4,7-12,14-15H2. The van der Waals surface area contributed by atoms with Gasteiger partial charge in [0.15, 0.2) is 0 Å². The predicted molar refractivity (Wildman–Crippen MR) is 103 cm³/mol. The van der Waals surface area contributed by atoms with Crippen LogP contribution in [0.5, 0.6) is 0 Å². The van der Waals surface area contributed by atoms with E-state index in [1.165, 1.54) is 74.2 Å². The molecule has 2 fully saturated rings. The molecule has 0 N–H and O–H groups in total. The highest BCUT2D eigenvalue weighted by molar-refractivity contribution is 7.13. The molecule has 0 unspecified atom stereocenters. The van der Waals surface area contributed by atoms with Crippen LogP contribution in [-0.2, 0) is 6.67 Å². The van der Waals surface area contributed by atoms with Crippen LogP contribution < -0.4 is 5.76 Å². The summed E-state index contributed by atoms with van der Waals surface area (Å²) in [4.78, 5) is 18.0. The average molecular weight is 377 g/mol. The molecule has 0 aromatic carbocycles. The van der Waals surface area contributed by atoms with Gasteiger partial charge in [0, 0.05) is 19.6 Å². The zero-order valence-corrected chi connectivity index (χ0v) is 16.1. The van der Waals surface area contributed by atoms with E-state index in [9.17, 15) is 4.79 Å². The molecule has 2 aliphatic heterocycles. The first-order valence-electron chi connectivity index (χ1n) is 9.84. The Bertz CT molecular complexity index is 723. The number of hydrogen-bond donors (Lipinski definition) is 0. The number of thiophene rings is 1. The Labute approximate surface area is 158 Å². The van der Waals surface area contributed by atoms with Crippen LogP contribution >= 0.6 is 11.3 Å². The molecule has 0 aliphatic carbocycles. The SMILES string of the molecule is O=c1oc(-c2cccs2)nn1CN1CCC(CN2CCCCCC2)CC1. The molecule has 7 heteroatoms. The smallest absolute Gasteiger partial charge is 0.387 e. The van der Waals surface area contributed by atoms with E-state index in [0.29, 0.717) is 12.6 Å². The molecule has 0 saturated carbocycles. The molecule has 4 heterocycles. The van der Waals surface area contributed by atoms with E-state index in [1.807, 2.05) is 17.5 Å².